The Kier molecular flexibility index (Phi) is 2.73. The maximum atomic E-state index is 9.90. The number of hydrogen-bond donors (Lipinski definition) is 1. The van der Waals surface area contributed by atoms with Gasteiger partial charge in [0.25, 0.3) is 0 Å². The Morgan fingerprint density at radius 1 is 1.50 bits per heavy atom. The molecule has 0 heterocycles. The fraction of sp³-hybridized carbons (Fsp3) is 0.500. The van der Waals surface area contributed by atoms with E-state index in [4.69, 9.17) is 4.74 Å². The zero-order chi connectivity index (χ0) is 9.97. The summed E-state index contributed by atoms with van der Waals surface area (Å²) in [5.41, 5.74) is 0.985. The van der Waals surface area contributed by atoms with Crippen LogP contribution in [-0.2, 0) is 0 Å². The third-order valence-electron chi connectivity index (χ3n) is 2.58. The molecule has 0 bridgehead atoms. The molecule has 0 saturated heterocycles. The van der Waals surface area contributed by atoms with Crippen molar-refractivity contribution in [3.05, 3.63) is 29.8 Å². The van der Waals surface area contributed by atoms with Gasteiger partial charge in [-0.2, -0.15) is 0 Å². The van der Waals surface area contributed by atoms with Gasteiger partial charge in [0.2, 0.25) is 0 Å². The summed E-state index contributed by atoms with van der Waals surface area (Å²) in [4.78, 5) is 0. The van der Waals surface area contributed by atoms with Crippen LogP contribution in [0.15, 0.2) is 24.3 Å². The summed E-state index contributed by atoms with van der Waals surface area (Å²) in [6.45, 7) is 2.63. The predicted octanol–water partition coefficient (Wildman–Crippen LogP) is 2.53. The highest BCUT2D eigenvalue weighted by atomic mass is 16.5. The van der Waals surface area contributed by atoms with E-state index < -0.39 is 0 Å². The van der Waals surface area contributed by atoms with Crippen LogP contribution in [0, 0.1) is 5.92 Å². The highest BCUT2D eigenvalue weighted by Gasteiger charge is 2.30. The van der Waals surface area contributed by atoms with E-state index in [0.717, 1.165) is 24.2 Å². The molecule has 0 amide bonds. The molecule has 1 aromatic carbocycles. The van der Waals surface area contributed by atoms with Crippen LogP contribution >= 0.6 is 0 Å². The molecule has 0 aromatic heterocycles. The lowest BCUT2D eigenvalue weighted by atomic mass is 10.1. The van der Waals surface area contributed by atoms with E-state index in [-0.39, 0.29) is 6.10 Å². The van der Waals surface area contributed by atoms with Gasteiger partial charge in [-0.3, -0.25) is 0 Å². The van der Waals surface area contributed by atoms with E-state index in [9.17, 15) is 5.11 Å². The number of hydrogen-bond acceptors (Lipinski definition) is 2. The van der Waals surface area contributed by atoms with Crippen LogP contribution in [0.5, 0.6) is 5.75 Å². The van der Waals surface area contributed by atoms with Gasteiger partial charge in [0.05, 0.1) is 12.7 Å². The molecule has 0 spiro atoms. The van der Waals surface area contributed by atoms with Crippen LogP contribution in [0.4, 0.5) is 0 Å². The quantitative estimate of drug-likeness (QED) is 0.794. The summed E-state index contributed by atoms with van der Waals surface area (Å²) in [7, 11) is 0. The Hall–Kier alpha value is -1.02. The van der Waals surface area contributed by atoms with Gasteiger partial charge in [0.15, 0.2) is 0 Å². The van der Waals surface area contributed by atoms with Crippen molar-refractivity contribution in [2.45, 2.75) is 25.9 Å². The van der Waals surface area contributed by atoms with Crippen molar-refractivity contribution in [3.63, 3.8) is 0 Å². The molecule has 2 nitrogen and oxygen atoms in total. The third-order valence-corrected chi connectivity index (χ3v) is 2.58. The normalized spacial score (nSPS) is 17.9. The van der Waals surface area contributed by atoms with Gasteiger partial charge in [0, 0.05) is 0 Å². The monoisotopic (exact) mass is 192 g/mol. The molecule has 1 aromatic rings. The predicted molar refractivity (Wildman–Crippen MR) is 55.3 cm³/mol. The lowest BCUT2D eigenvalue weighted by Gasteiger charge is -2.11. The van der Waals surface area contributed by atoms with Crippen LogP contribution in [-0.4, -0.2) is 11.7 Å². The number of aliphatic hydroxyl groups is 1. The summed E-state index contributed by atoms with van der Waals surface area (Å²) in [6.07, 6.45) is 2.01. The summed E-state index contributed by atoms with van der Waals surface area (Å²) in [5.74, 6) is 1.33. The summed E-state index contributed by atoms with van der Waals surface area (Å²) >= 11 is 0. The third kappa shape index (κ3) is 2.07. The van der Waals surface area contributed by atoms with Crippen LogP contribution in [0.3, 0.4) is 0 Å². The smallest absolute Gasteiger partial charge is 0.119 e. The van der Waals surface area contributed by atoms with Crippen molar-refractivity contribution in [1.82, 2.24) is 0 Å². The first kappa shape index (κ1) is 9.53. The van der Waals surface area contributed by atoms with Crippen molar-refractivity contribution < 1.29 is 9.84 Å². The molecule has 76 valence electrons. The average molecular weight is 192 g/mol. The minimum absolute atomic E-state index is 0.296. The van der Waals surface area contributed by atoms with Crippen molar-refractivity contribution in [2.24, 2.45) is 5.92 Å². The topological polar surface area (TPSA) is 29.5 Å². The molecule has 1 aliphatic carbocycles. The van der Waals surface area contributed by atoms with Crippen molar-refractivity contribution in [1.29, 1.82) is 0 Å². The number of benzene rings is 1. The summed E-state index contributed by atoms with van der Waals surface area (Å²) < 4.78 is 5.39. The Balaban J connectivity index is 2.12. The van der Waals surface area contributed by atoms with Gasteiger partial charge in [-0.05, 0) is 43.4 Å². The second-order valence-corrected chi connectivity index (χ2v) is 3.79. The van der Waals surface area contributed by atoms with Gasteiger partial charge in [-0.25, -0.2) is 0 Å². The Labute approximate surface area is 84.5 Å². The molecular formula is C12H16O2. The zero-order valence-electron chi connectivity index (χ0n) is 8.44. The first-order valence-corrected chi connectivity index (χ1v) is 5.22. The highest BCUT2D eigenvalue weighted by Crippen LogP contribution is 2.41. The van der Waals surface area contributed by atoms with Crippen LogP contribution in [0.2, 0.25) is 0 Å². The van der Waals surface area contributed by atoms with E-state index in [2.05, 4.69) is 0 Å². The van der Waals surface area contributed by atoms with Crippen molar-refractivity contribution in [3.8, 4) is 5.75 Å². The fourth-order valence-electron chi connectivity index (χ4n) is 1.64. The second-order valence-electron chi connectivity index (χ2n) is 3.79. The molecule has 1 N–H and O–H groups in total. The number of rotatable bonds is 4. The van der Waals surface area contributed by atoms with E-state index in [1.165, 1.54) is 0 Å². The molecular weight excluding hydrogens is 176 g/mol. The Bertz CT molecular complexity index is 305. The van der Waals surface area contributed by atoms with Crippen molar-refractivity contribution >= 4 is 0 Å². The van der Waals surface area contributed by atoms with Crippen LogP contribution in [0.25, 0.3) is 0 Å². The average Bonchev–Trinajstić information content (AvgIpc) is 3.01. The van der Waals surface area contributed by atoms with Crippen LogP contribution in [0.1, 0.15) is 31.4 Å². The number of ether oxygens (including phenoxy) is 1. The van der Waals surface area contributed by atoms with E-state index in [0.29, 0.717) is 12.5 Å². The van der Waals surface area contributed by atoms with Gasteiger partial charge in [-0.15, -0.1) is 0 Å². The highest BCUT2D eigenvalue weighted by molar-refractivity contribution is 5.30. The Morgan fingerprint density at radius 2 is 2.29 bits per heavy atom. The zero-order valence-corrected chi connectivity index (χ0v) is 8.44. The first-order valence-electron chi connectivity index (χ1n) is 5.22. The summed E-state index contributed by atoms with van der Waals surface area (Å²) in [6, 6.07) is 7.76. The minimum Gasteiger partial charge on any atom is -0.494 e. The standard InChI is InChI=1S/C12H16O2/c1-2-14-11-5-3-4-10(8-11)12(13)9-6-7-9/h3-5,8-9,12-13H,2,6-7H2,1H3. The molecule has 0 aliphatic heterocycles. The summed E-state index contributed by atoms with van der Waals surface area (Å²) in [5, 5.41) is 9.90. The maximum absolute atomic E-state index is 9.90. The second kappa shape index (κ2) is 4.01. The molecule has 1 aliphatic rings. The van der Waals surface area contributed by atoms with Gasteiger partial charge < -0.3 is 9.84 Å². The largest absolute Gasteiger partial charge is 0.494 e. The lowest BCUT2D eigenvalue weighted by Crippen LogP contribution is -2.00. The molecule has 1 fully saturated rings. The van der Waals surface area contributed by atoms with Crippen molar-refractivity contribution in [2.75, 3.05) is 6.61 Å². The van der Waals surface area contributed by atoms with Crippen LogP contribution < -0.4 is 4.74 Å². The van der Waals surface area contributed by atoms with Gasteiger partial charge in [0.1, 0.15) is 5.75 Å². The minimum atomic E-state index is -0.296. The van der Waals surface area contributed by atoms with E-state index in [1.807, 2.05) is 31.2 Å². The molecule has 0 radical (unpaired) electrons. The molecule has 2 heteroatoms. The van der Waals surface area contributed by atoms with Gasteiger partial charge >= 0.3 is 0 Å². The molecule has 14 heavy (non-hydrogen) atoms. The maximum Gasteiger partial charge on any atom is 0.119 e. The van der Waals surface area contributed by atoms with Gasteiger partial charge in [-0.1, -0.05) is 12.1 Å². The molecule has 1 atom stereocenters. The molecule has 1 saturated carbocycles. The van der Waals surface area contributed by atoms with E-state index >= 15 is 0 Å². The fourth-order valence-corrected chi connectivity index (χ4v) is 1.64. The molecule has 2 rings (SSSR count). The first-order chi connectivity index (χ1) is 6.81. The lowest BCUT2D eigenvalue weighted by molar-refractivity contribution is 0.153. The Morgan fingerprint density at radius 3 is 2.93 bits per heavy atom. The van der Waals surface area contributed by atoms with E-state index in [1.54, 1.807) is 0 Å². The molecule has 1 unspecified atom stereocenters. The SMILES string of the molecule is CCOc1cccc(C(O)C2CC2)c1. The number of aliphatic hydroxyl groups excluding tert-OH is 1.